The molecule has 3 nitrogen and oxygen atoms in total. The van der Waals surface area contributed by atoms with E-state index in [0.29, 0.717) is 0 Å². The Balaban J connectivity index is 3.11. The average Bonchev–Trinajstić information content (AvgIpc) is 2.31. The van der Waals surface area contributed by atoms with Gasteiger partial charge in [0, 0.05) is 11.6 Å². The van der Waals surface area contributed by atoms with E-state index in [4.69, 9.17) is 9.47 Å². The summed E-state index contributed by atoms with van der Waals surface area (Å²) in [5, 5.41) is 3.14. The minimum absolute atomic E-state index is 0.0888. The molecule has 0 spiro atoms. The zero-order valence-electron chi connectivity index (χ0n) is 9.41. The van der Waals surface area contributed by atoms with Crippen LogP contribution in [0.3, 0.4) is 0 Å². The van der Waals surface area contributed by atoms with Crippen LogP contribution in [0.25, 0.3) is 0 Å². The molecule has 15 heavy (non-hydrogen) atoms. The Labute approximate surface area is 90.7 Å². The van der Waals surface area contributed by atoms with Gasteiger partial charge in [-0.3, -0.25) is 0 Å². The summed E-state index contributed by atoms with van der Waals surface area (Å²) in [5.74, 6) is 1.59. The van der Waals surface area contributed by atoms with Gasteiger partial charge in [-0.25, -0.2) is 0 Å². The maximum Gasteiger partial charge on any atom is 0.127 e. The highest BCUT2D eigenvalue weighted by molar-refractivity contribution is 5.43. The van der Waals surface area contributed by atoms with Crippen molar-refractivity contribution in [3.05, 3.63) is 36.4 Å². The van der Waals surface area contributed by atoms with E-state index in [1.54, 1.807) is 14.2 Å². The molecule has 0 saturated heterocycles. The van der Waals surface area contributed by atoms with E-state index < -0.39 is 0 Å². The van der Waals surface area contributed by atoms with E-state index in [9.17, 15) is 0 Å². The molecule has 0 amide bonds. The molecule has 0 heterocycles. The zero-order valence-corrected chi connectivity index (χ0v) is 9.41. The van der Waals surface area contributed by atoms with Crippen LogP contribution in [0.5, 0.6) is 11.5 Å². The van der Waals surface area contributed by atoms with Crippen LogP contribution >= 0.6 is 0 Å². The van der Waals surface area contributed by atoms with Gasteiger partial charge in [0.2, 0.25) is 0 Å². The second kappa shape index (κ2) is 5.41. The van der Waals surface area contributed by atoms with Gasteiger partial charge in [0.05, 0.1) is 20.3 Å². The van der Waals surface area contributed by atoms with Gasteiger partial charge < -0.3 is 14.8 Å². The Morgan fingerprint density at radius 3 is 2.53 bits per heavy atom. The minimum atomic E-state index is 0.0888. The molecule has 0 radical (unpaired) electrons. The fraction of sp³-hybridized carbons (Fsp3) is 0.333. The van der Waals surface area contributed by atoms with Gasteiger partial charge in [0.1, 0.15) is 11.5 Å². The smallest absolute Gasteiger partial charge is 0.127 e. The predicted molar refractivity (Wildman–Crippen MR) is 61.5 cm³/mol. The number of likely N-dealkylation sites (N-methyl/N-ethyl adjacent to an activating group) is 1. The van der Waals surface area contributed by atoms with Crippen LogP contribution in [-0.2, 0) is 0 Å². The number of ether oxygens (including phenoxy) is 2. The quantitative estimate of drug-likeness (QED) is 0.750. The SMILES string of the molecule is C=CC(NC)c1ccc(OC)cc1OC. The van der Waals surface area contributed by atoms with E-state index in [2.05, 4.69) is 11.9 Å². The molecule has 1 rings (SSSR count). The molecule has 0 saturated carbocycles. The largest absolute Gasteiger partial charge is 0.497 e. The number of nitrogens with one attached hydrogen (secondary N) is 1. The summed E-state index contributed by atoms with van der Waals surface area (Å²) < 4.78 is 10.4. The summed E-state index contributed by atoms with van der Waals surface area (Å²) in [4.78, 5) is 0. The van der Waals surface area contributed by atoms with Crippen molar-refractivity contribution in [1.82, 2.24) is 5.32 Å². The predicted octanol–water partition coefficient (Wildman–Crippen LogP) is 2.15. The van der Waals surface area contributed by atoms with Crippen LogP contribution in [0.2, 0.25) is 0 Å². The number of rotatable bonds is 5. The first kappa shape index (κ1) is 11.6. The maximum atomic E-state index is 5.30. The van der Waals surface area contributed by atoms with Gasteiger partial charge in [-0.2, -0.15) is 0 Å². The Morgan fingerprint density at radius 1 is 1.33 bits per heavy atom. The molecule has 1 N–H and O–H groups in total. The van der Waals surface area contributed by atoms with Crippen molar-refractivity contribution in [1.29, 1.82) is 0 Å². The van der Waals surface area contributed by atoms with E-state index in [0.717, 1.165) is 17.1 Å². The highest BCUT2D eigenvalue weighted by Gasteiger charge is 2.11. The topological polar surface area (TPSA) is 30.5 Å². The van der Waals surface area contributed by atoms with E-state index in [1.807, 2.05) is 31.3 Å². The molecular formula is C12H17NO2. The molecule has 0 aliphatic heterocycles. The molecule has 82 valence electrons. The molecule has 0 aliphatic rings. The molecule has 0 bridgehead atoms. The molecule has 0 aromatic heterocycles. The second-order valence-corrected chi connectivity index (χ2v) is 3.11. The van der Waals surface area contributed by atoms with E-state index in [1.165, 1.54) is 0 Å². The maximum absolute atomic E-state index is 5.30. The van der Waals surface area contributed by atoms with Crippen LogP contribution < -0.4 is 14.8 Å². The Hall–Kier alpha value is -1.48. The molecule has 1 aromatic carbocycles. The Kier molecular flexibility index (Phi) is 4.18. The van der Waals surface area contributed by atoms with Gasteiger partial charge in [-0.05, 0) is 19.2 Å². The fourth-order valence-electron chi connectivity index (χ4n) is 1.48. The molecule has 3 heteroatoms. The Bertz CT molecular complexity index is 336. The summed E-state index contributed by atoms with van der Waals surface area (Å²) >= 11 is 0. The van der Waals surface area contributed by atoms with Gasteiger partial charge in [0.15, 0.2) is 0 Å². The zero-order chi connectivity index (χ0) is 11.3. The lowest BCUT2D eigenvalue weighted by Crippen LogP contribution is -2.14. The van der Waals surface area contributed by atoms with Gasteiger partial charge >= 0.3 is 0 Å². The van der Waals surface area contributed by atoms with Crippen LogP contribution in [0, 0.1) is 0 Å². The van der Waals surface area contributed by atoms with Crippen molar-refractivity contribution in [3.63, 3.8) is 0 Å². The highest BCUT2D eigenvalue weighted by atomic mass is 16.5. The monoisotopic (exact) mass is 207 g/mol. The molecule has 1 unspecified atom stereocenters. The standard InChI is InChI=1S/C12H17NO2/c1-5-11(13-2)10-7-6-9(14-3)8-12(10)15-4/h5-8,11,13H,1H2,2-4H3. The molecule has 1 aromatic rings. The minimum Gasteiger partial charge on any atom is -0.497 e. The van der Waals surface area contributed by atoms with Crippen molar-refractivity contribution in [2.75, 3.05) is 21.3 Å². The third-order valence-electron chi connectivity index (χ3n) is 2.32. The third-order valence-corrected chi connectivity index (χ3v) is 2.32. The summed E-state index contributed by atoms with van der Waals surface area (Å²) in [5.41, 5.74) is 1.05. The van der Waals surface area contributed by atoms with E-state index in [-0.39, 0.29) is 6.04 Å². The molecule has 0 aliphatic carbocycles. The molecule has 0 fully saturated rings. The first-order chi connectivity index (χ1) is 7.26. The second-order valence-electron chi connectivity index (χ2n) is 3.11. The average molecular weight is 207 g/mol. The number of benzene rings is 1. The summed E-state index contributed by atoms with van der Waals surface area (Å²) in [6.07, 6.45) is 1.84. The summed E-state index contributed by atoms with van der Waals surface area (Å²) in [6, 6.07) is 5.83. The van der Waals surface area contributed by atoms with Gasteiger partial charge in [-0.1, -0.05) is 6.08 Å². The van der Waals surface area contributed by atoms with Crippen molar-refractivity contribution >= 4 is 0 Å². The number of methoxy groups -OCH3 is 2. The van der Waals surface area contributed by atoms with Crippen molar-refractivity contribution in [2.45, 2.75) is 6.04 Å². The van der Waals surface area contributed by atoms with Crippen molar-refractivity contribution in [3.8, 4) is 11.5 Å². The number of hydrogen-bond acceptors (Lipinski definition) is 3. The molecule has 1 atom stereocenters. The normalized spacial score (nSPS) is 11.9. The van der Waals surface area contributed by atoms with Crippen molar-refractivity contribution in [2.24, 2.45) is 0 Å². The van der Waals surface area contributed by atoms with Gasteiger partial charge in [0.25, 0.3) is 0 Å². The Morgan fingerprint density at radius 2 is 2.07 bits per heavy atom. The number of hydrogen-bond donors (Lipinski definition) is 1. The molecular weight excluding hydrogens is 190 g/mol. The van der Waals surface area contributed by atoms with Crippen molar-refractivity contribution < 1.29 is 9.47 Å². The third kappa shape index (κ3) is 2.50. The summed E-state index contributed by atoms with van der Waals surface area (Å²) in [6.45, 7) is 3.78. The lowest BCUT2D eigenvalue weighted by Gasteiger charge is -2.16. The lowest BCUT2D eigenvalue weighted by molar-refractivity contribution is 0.388. The highest BCUT2D eigenvalue weighted by Crippen LogP contribution is 2.29. The van der Waals surface area contributed by atoms with Crippen LogP contribution in [0.15, 0.2) is 30.9 Å². The lowest BCUT2D eigenvalue weighted by atomic mass is 10.1. The van der Waals surface area contributed by atoms with Crippen LogP contribution in [0.1, 0.15) is 11.6 Å². The first-order valence-corrected chi connectivity index (χ1v) is 4.78. The van der Waals surface area contributed by atoms with Gasteiger partial charge in [-0.15, -0.1) is 6.58 Å². The van der Waals surface area contributed by atoms with Crippen LogP contribution in [-0.4, -0.2) is 21.3 Å². The summed E-state index contributed by atoms with van der Waals surface area (Å²) in [7, 11) is 5.17. The van der Waals surface area contributed by atoms with E-state index >= 15 is 0 Å². The first-order valence-electron chi connectivity index (χ1n) is 4.78. The van der Waals surface area contributed by atoms with Crippen LogP contribution in [0.4, 0.5) is 0 Å². The fourth-order valence-corrected chi connectivity index (χ4v) is 1.48.